The summed E-state index contributed by atoms with van der Waals surface area (Å²) in [7, 11) is 1.36. The number of piperidine rings is 1. The number of likely N-dealkylation sites (tertiary alicyclic amines) is 1. The summed E-state index contributed by atoms with van der Waals surface area (Å²) in [6.45, 7) is 5.99. The van der Waals surface area contributed by atoms with Crippen molar-refractivity contribution >= 4 is 12.1 Å². The van der Waals surface area contributed by atoms with Crippen molar-refractivity contribution in [1.29, 1.82) is 0 Å². The molecular formula is C20H29NO4. The topological polar surface area (TPSA) is 55.8 Å². The number of nitrogens with zero attached hydrogens (tertiary/aromatic N) is 1. The van der Waals surface area contributed by atoms with Gasteiger partial charge in [-0.3, -0.25) is 4.90 Å². The molecule has 2 rings (SSSR count). The lowest BCUT2D eigenvalue weighted by atomic mass is 9.86. The molecule has 5 heteroatoms. The monoisotopic (exact) mass is 347 g/mol. The van der Waals surface area contributed by atoms with E-state index in [4.69, 9.17) is 9.47 Å². The molecule has 138 valence electrons. The molecule has 1 aromatic carbocycles. The second-order valence-corrected chi connectivity index (χ2v) is 7.63. The van der Waals surface area contributed by atoms with Crippen molar-refractivity contribution < 1.29 is 19.1 Å². The zero-order chi connectivity index (χ0) is 18.4. The number of methoxy groups -OCH3 is 1. The predicted molar refractivity (Wildman–Crippen MR) is 96.2 cm³/mol. The zero-order valence-electron chi connectivity index (χ0n) is 15.7. The standard InChI is InChI=1S/C20H29NO4/c1-20(2,3)25-19(23)21-13-12-16(14-17(21)18(22)24-4)11-10-15-8-6-5-7-9-15/h5-9,16-17H,10-14H2,1-4H3. The first-order valence-electron chi connectivity index (χ1n) is 8.91. The summed E-state index contributed by atoms with van der Waals surface area (Å²) < 4.78 is 10.4. The van der Waals surface area contributed by atoms with Crippen LogP contribution < -0.4 is 0 Å². The highest BCUT2D eigenvalue weighted by Crippen LogP contribution is 2.29. The molecule has 0 bridgehead atoms. The summed E-state index contributed by atoms with van der Waals surface area (Å²) >= 11 is 0. The fraction of sp³-hybridized carbons (Fsp3) is 0.600. The van der Waals surface area contributed by atoms with E-state index < -0.39 is 17.7 Å². The summed E-state index contributed by atoms with van der Waals surface area (Å²) in [6.07, 6.45) is 3.04. The summed E-state index contributed by atoms with van der Waals surface area (Å²) in [6, 6.07) is 9.77. The van der Waals surface area contributed by atoms with Crippen LogP contribution in [0.25, 0.3) is 0 Å². The van der Waals surface area contributed by atoms with Crippen molar-refractivity contribution in [2.75, 3.05) is 13.7 Å². The molecule has 25 heavy (non-hydrogen) atoms. The number of amides is 1. The molecule has 2 unspecified atom stereocenters. The van der Waals surface area contributed by atoms with Crippen LogP contribution >= 0.6 is 0 Å². The minimum atomic E-state index is -0.581. The molecule has 5 nitrogen and oxygen atoms in total. The van der Waals surface area contributed by atoms with Gasteiger partial charge in [-0.2, -0.15) is 0 Å². The van der Waals surface area contributed by atoms with E-state index in [1.807, 2.05) is 39.0 Å². The number of carbonyl (C=O) groups is 2. The number of aryl methyl sites for hydroxylation is 1. The van der Waals surface area contributed by atoms with Gasteiger partial charge in [0.1, 0.15) is 11.6 Å². The third kappa shape index (κ3) is 5.76. The molecule has 1 heterocycles. The van der Waals surface area contributed by atoms with Gasteiger partial charge < -0.3 is 9.47 Å². The molecule has 0 spiro atoms. The maximum Gasteiger partial charge on any atom is 0.411 e. The SMILES string of the molecule is COC(=O)C1CC(CCc2ccccc2)CCN1C(=O)OC(C)(C)C. The number of carbonyl (C=O) groups excluding carboxylic acids is 2. The minimum absolute atomic E-state index is 0.365. The van der Waals surface area contributed by atoms with Crippen LogP contribution in [-0.4, -0.2) is 42.3 Å². The summed E-state index contributed by atoms with van der Waals surface area (Å²) in [4.78, 5) is 26.1. The predicted octanol–water partition coefficient (Wildman–Crippen LogP) is 3.81. The van der Waals surface area contributed by atoms with Crippen LogP contribution in [0.1, 0.15) is 45.6 Å². The Morgan fingerprint density at radius 1 is 1.20 bits per heavy atom. The first-order valence-corrected chi connectivity index (χ1v) is 8.91. The van der Waals surface area contributed by atoms with Gasteiger partial charge in [-0.1, -0.05) is 30.3 Å². The Morgan fingerprint density at radius 2 is 1.88 bits per heavy atom. The van der Waals surface area contributed by atoms with Crippen molar-refractivity contribution in [2.24, 2.45) is 5.92 Å². The minimum Gasteiger partial charge on any atom is -0.467 e. The number of ether oxygens (including phenoxy) is 2. The summed E-state index contributed by atoms with van der Waals surface area (Å²) in [5, 5.41) is 0. The molecular weight excluding hydrogens is 318 g/mol. The molecule has 1 aromatic rings. The Balaban J connectivity index is 1.99. The molecule has 1 aliphatic rings. The van der Waals surface area contributed by atoms with E-state index in [2.05, 4.69) is 12.1 Å². The van der Waals surface area contributed by atoms with Gasteiger partial charge in [-0.25, -0.2) is 9.59 Å². The lowest BCUT2D eigenvalue weighted by Crippen LogP contribution is -2.52. The van der Waals surface area contributed by atoms with E-state index >= 15 is 0 Å². The highest BCUT2D eigenvalue weighted by atomic mass is 16.6. The normalized spacial score (nSPS) is 20.9. The number of esters is 1. The molecule has 1 fully saturated rings. The molecule has 0 N–H and O–H groups in total. The average molecular weight is 347 g/mol. The van der Waals surface area contributed by atoms with Crippen molar-refractivity contribution in [2.45, 2.75) is 58.1 Å². The summed E-state index contributed by atoms with van der Waals surface area (Å²) in [5.74, 6) is 0.0262. The van der Waals surface area contributed by atoms with E-state index in [1.165, 1.54) is 17.6 Å². The Labute approximate surface area is 150 Å². The van der Waals surface area contributed by atoms with Crippen LogP contribution in [0.4, 0.5) is 4.79 Å². The van der Waals surface area contributed by atoms with E-state index in [0.717, 1.165) is 19.3 Å². The highest BCUT2D eigenvalue weighted by Gasteiger charge is 2.38. The van der Waals surface area contributed by atoms with Crippen molar-refractivity contribution in [1.82, 2.24) is 4.90 Å². The van der Waals surface area contributed by atoms with Gasteiger partial charge in [-0.15, -0.1) is 0 Å². The van der Waals surface area contributed by atoms with Crippen molar-refractivity contribution in [3.05, 3.63) is 35.9 Å². The Morgan fingerprint density at radius 3 is 2.48 bits per heavy atom. The molecule has 2 atom stereocenters. The number of hydrogen-bond donors (Lipinski definition) is 0. The van der Waals surface area contributed by atoms with Crippen LogP contribution in [0.15, 0.2) is 30.3 Å². The number of hydrogen-bond acceptors (Lipinski definition) is 4. The van der Waals surface area contributed by atoms with Gasteiger partial charge >= 0.3 is 12.1 Å². The summed E-state index contributed by atoms with van der Waals surface area (Å²) in [5.41, 5.74) is 0.716. The third-order valence-corrected chi connectivity index (χ3v) is 4.50. The largest absolute Gasteiger partial charge is 0.467 e. The Kier molecular flexibility index (Phi) is 6.45. The lowest BCUT2D eigenvalue weighted by Gasteiger charge is -2.38. The second kappa shape index (κ2) is 8.37. The molecule has 1 aliphatic heterocycles. The van der Waals surface area contributed by atoms with E-state index in [1.54, 1.807) is 0 Å². The van der Waals surface area contributed by atoms with Gasteiger partial charge in [0.05, 0.1) is 7.11 Å². The number of rotatable bonds is 4. The van der Waals surface area contributed by atoms with Gasteiger partial charge in [0.25, 0.3) is 0 Å². The second-order valence-electron chi connectivity index (χ2n) is 7.63. The Hall–Kier alpha value is -2.04. The maximum atomic E-state index is 12.4. The first kappa shape index (κ1) is 19.3. The van der Waals surface area contributed by atoms with E-state index in [0.29, 0.717) is 18.9 Å². The molecule has 0 radical (unpaired) electrons. The lowest BCUT2D eigenvalue weighted by molar-refractivity contribution is -0.148. The van der Waals surface area contributed by atoms with E-state index in [-0.39, 0.29) is 5.97 Å². The third-order valence-electron chi connectivity index (χ3n) is 4.50. The van der Waals surface area contributed by atoms with E-state index in [9.17, 15) is 9.59 Å². The Bertz CT molecular complexity index is 579. The quantitative estimate of drug-likeness (QED) is 0.777. The van der Waals surface area contributed by atoms with Crippen LogP contribution in [0.2, 0.25) is 0 Å². The average Bonchev–Trinajstić information content (AvgIpc) is 2.58. The van der Waals surface area contributed by atoms with Crippen LogP contribution in [0, 0.1) is 5.92 Å². The fourth-order valence-corrected chi connectivity index (χ4v) is 3.21. The van der Waals surface area contributed by atoms with Gasteiger partial charge in [0, 0.05) is 6.54 Å². The fourth-order valence-electron chi connectivity index (χ4n) is 3.21. The first-order chi connectivity index (χ1) is 11.8. The molecule has 0 aliphatic carbocycles. The molecule has 1 amide bonds. The van der Waals surface area contributed by atoms with Crippen LogP contribution in [-0.2, 0) is 20.7 Å². The highest BCUT2D eigenvalue weighted by molar-refractivity contribution is 5.81. The van der Waals surface area contributed by atoms with Crippen LogP contribution in [0.5, 0.6) is 0 Å². The van der Waals surface area contributed by atoms with Crippen LogP contribution in [0.3, 0.4) is 0 Å². The van der Waals surface area contributed by atoms with Gasteiger partial charge in [0.15, 0.2) is 0 Å². The maximum absolute atomic E-state index is 12.4. The van der Waals surface area contributed by atoms with Gasteiger partial charge in [-0.05, 0) is 57.9 Å². The van der Waals surface area contributed by atoms with Crippen molar-refractivity contribution in [3.63, 3.8) is 0 Å². The molecule has 1 saturated heterocycles. The zero-order valence-corrected chi connectivity index (χ0v) is 15.7. The van der Waals surface area contributed by atoms with Crippen molar-refractivity contribution in [3.8, 4) is 0 Å². The molecule has 0 saturated carbocycles. The number of benzene rings is 1. The molecule has 0 aromatic heterocycles. The van der Waals surface area contributed by atoms with Gasteiger partial charge in [0.2, 0.25) is 0 Å². The smallest absolute Gasteiger partial charge is 0.411 e.